The number of rotatable bonds is 5. The lowest BCUT2D eigenvalue weighted by Gasteiger charge is -2.06. The third kappa shape index (κ3) is 3.40. The Balaban J connectivity index is 2.29. The third-order valence-corrected chi connectivity index (χ3v) is 2.48. The molecule has 1 aromatic heterocycles. The van der Waals surface area contributed by atoms with Gasteiger partial charge in [-0.2, -0.15) is 10.2 Å². The minimum absolute atomic E-state index is 0.00305. The summed E-state index contributed by atoms with van der Waals surface area (Å²) >= 11 is 0. The number of nitriles is 1. The first-order valence-electron chi connectivity index (χ1n) is 5.76. The summed E-state index contributed by atoms with van der Waals surface area (Å²) in [5.41, 5.74) is 2.62. The Morgan fingerprint density at radius 1 is 1.43 bits per heavy atom. The van der Waals surface area contributed by atoms with E-state index in [1.54, 1.807) is 24.3 Å². The highest BCUT2D eigenvalue weighted by Gasteiger charge is 2.19. The first kappa shape index (κ1) is 14.2. The van der Waals surface area contributed by atoms with Gasteiger partial charge in [0.05, 0.1) is 17.4 Å². The lowest BCUT2D eigenvalue weighted by Crippen LogP contribution is -2.11. The zero-order chi connectivity index (χ0) is 15.2. The minimum atomic E-state index is -0.653. The molecule has 0 unspecified atom stereocenters. The number of nitrogens with one attached hydrogen (secondary N) is 1. The van der Waals surface area contributed by atoms with E-state index < -0.39 is 4.92 Å². The molecule has 0 radical (unpaired) electrons. The molecule has 0 aliphatic rings. The van der Waals surface area contributed by atoms with Crippen molar-refractivity contribution in [2.24, 2.45) is 5.84 Å². The topological polar surface area (TPSA) is 140 Å². The molecule has 21 heavy (non-hydrogen) atoms. The largest absolute Gasteiger partial charge is 0.434 e. The van der Waals surface area contributed by atoms with Crippen molar-refractivity contribution in [3.05, 3.63) is 46.1 Å². The lowest BCUT2D eigenvalue weighted by molar-refractivity contribution is -0.386. The number of benzene rings is 1. The summed E-state index contributed by atoms with van der Waals surface area (Å²) in [7, 11) is 0. The number of hydrogen-bond donors (Lipinski definition) is 2. The molecule has 1 heterocycles. The van der Waals surface area contributed by atoms with Gasteiger partial charge in [-0.15, -0.1) is 0 Å². The standard InChI is InChI=1S/C12H10N6O3/c13-6-5-8-1-3-9(4-2-8)21-11-10(18(19)20)7-15-12(16-11)17-14/h1-4,7H,5,14H2,(H,15,16,17). The van der Waals surface area contributed by atoms with E-state index in [-0.39, 0.29) is 23.9 Å². The van der Waals surface area contributed by atoms with Crippen molar-refractivity contribution < 1.29 is 9.66 Å². The van der Waals surface area contributed by atoms with Gasteiger partial charge < -0.3 is 4.74 Å². The number of nitro groups is 1. The maximum absolute atomic E-state index is 10.9. The zero-order valence-corrected chi connectivity index (χ0v) is 10.7. The number of nitrogen functional groups attached to an aromatic ring is 1. The van der Waals surface area contributed by atoms with Crippen molar-refractivity contribution in [2.45, 2.75) is 6.42 Å². The quantitative estimate of drug-likeness (QED) is 0.479. The fraction of sp³-hybridized carbons (Fsp3) is 0.0833. The number of aromatic nitrogens is 2. The van der Waals surface area contributed by atoms with E-state index in [1.807, 2.05) is 6.07 Å². The summed E-state index contributed by atoms with van der Waals surface area (Å²) in [5, 5.41) is 19.5. The Hall–Kier alpha value is -3.25. The molecule has 2 aromatic rings. The van der Waals surface area contributed by atoms with E-state index in [0.29, 0.717) is 5.75 Å². The first-order chi connectivity index (χ1) is 10.1. The summed E-state index contributed by atoms with van der Waals surface area (Å²) in [5.74, 6) is 5.28. The van der Waals surface area contributed by atoms with Crippen molar-refractivity contribution in [2.75, 3.05) is 5.43 Å². The highest BCUT2D eigenvalue weighted by molar-refractivity contribution is 5.45. The maximum atomic E-state index is 10.9. The molecule has 0 aliphatic carbocycles. The van der Waals surface area contributed by atoms with E-state index in [0.717, 1.165) is 11.8 Å². The van der Waals surface area contributed by atoms with Crippen LogP contribution in [0.25, 0.3) is 0 Å². The van der Waals surface area contributed by atoms with Gasteiger partial charge >= 0.3 is 11.6 Å². The number of hydrazine groups is 1. The molecule has 0 aliphatic heterocycles. The number of hydrogen-bond acceptors (Lipinski definition) is 8. The molecule has 0 saturated carbocycles. The van der Waals surface area contributed by atoms with E-state index in [4.69, 9.17) is 15.8 Å². The molecule has 1 aromatic carbocycles. The molecule has 106 valence electrons. The van der Waals surface area contributed by atoms with Crippen LogP contribution in [0.1, 0.15) is 5.56 Å². The van der Waals surface area contributed by atoms with E-state index in [2.05, 4.69) is 15.4 Å². The zero-order valence-electron chi connectivity index (χ0n) is 10.7. The van der Waals surface area contributed by atoms with Gasteiger partial charge in [0.1, 0.15) is 11.9 Å². The second kappa shape index (κ2) is 6.27. The van der Waals surface area contributed by atoms with Gasteiger partial charge in [-0.3, -0.25) is 15.5 Å². The van der Waals surface area contributed by atoms with Gasteiger partial charge in [0.15, 0.2) is 0 Å². The Bertz CT molecular complexity index is 695. The minimum Gasteiger partial charge on any atom is -0.434 e. The summed E-state index contributed by atoms with van der Waals surface area (Å²) < 4.78 is 5.38. The molecular weight excluding hydrogens is 276 g/mol. The number of ether oxygens (including phenoxy) is 1. The SMILES string of the molecule is N#CCc1ccc(Oc2nc(NN)ncc2[N+](=O)[O-])cc1. The normalized spacial score (nSPS) is 9.71. The van der Waals surface area contributed by atoms with E-state index >= 15 is 0 Å². The number of nitrogens with zero attached hydrogens (tertiary/aromatic N) is 4. The molecular formula is C12H10N6O3. The van der Waals surface area contributed by atoms with Crippen molar-refractivity contribution in [1.82, 2.24) is 9.97 Å². The van der Waals surface area contributed by atoms with Crippen LogP contribution in [0.15, 0.2) is 30.5 Å². The van der Waals surface area contributed by atoms with Crippen LogP contribution >= 0.6 is 0 Å². The summed E-state index contributed by atoms with van der Waals surface area (Å²) in [4.78, 5) is 17.7. The number of nitrogens with two attached hydrogens (primary N) is 1. The average molecular weight is 286 g/mol. The van der Waals surface area contributed by atoms with Crippen molar-refractivity contribution in [1.29, 1.82) is 5.26 Å². The molecule has 2 rings (SSSR count). The van der Waals surface area contributed by atoms with Crippen LogP contribution < -0.4 is 16.0 Å². The smallest absolute Gasteiger partial charge is 0.349 e. The van der Waals surface area contributed by atoms with Crippen LogP contribution in [0.4, 0.5) is 11.6 Å². The maximum Gasteiger partial charge on any atom is 0.349 e. The van der Waals surface area contributed by atoms with Gasteiger partial charge in [-0.1, -0.05) is 12.1 Å². The van der Waals surface area contributed by atoms with Crippen LogP contribution in [-0.2, 0) is 6.42 Å². The highest BCUT2D eigenvalue weighted by Crippen LogP contribution is 2.29. The predicted octanol–water partition coefficient (Wildman–Crippen LogP) is 1.53. The fourth-order valence-electron chi connectivity index (χ4n) is 1.51. The lowest BCUT2D eigenvalue weighted by atomic mass is 10.2. The van der Waals surface area contributed by atoms with Gasteiger partial charge in [0, 0.05) is 0 Å². The molecule has 0 fully saturated rings. The highest BCUT2D eigenvalue weighted by atomic mass is 16.6. The molecule has 0 saturated heterocycles. The van der Waals surface area contributed by atoms with E-state index in [1.165, 1.54) is 0 Å². The number of anilines is 1. The van der Waals surface area contributed by atoms with Gasteiger partial charge in [0.2, 0.25) is 5.95 Å². The van der Waals surface area contributed by atoms with E-state index in [9.17, 15) is 10.1 Å². The summed E-state index contributed by atoms with van der Waals surface area (Å²) in [6, 6.07) is 8.58. The fourth-order valence-corrected chi connectivity index (χ4v) is 1.51. The van der Waals surface area contributed by atoms with Gasteiger partial charge in [0.25, 0.3) is 0 Å². The Kier molecular flexibility index (Phi) is 4.23. The monoisotopic (exact) mass is 286 g/mol. The molecule has 9 nitrogen and oxygen atoms in total. The van der Waals surface area contributed by atoms with Crippen molar-refractivity contribution in [3.8, 4) is 17.7 Å². The average Bonchev–Trinajstić information content (AvgIpc) is 2.49. The first-order valence-corrected chi connectivity index (χ1v) is 5.76. The molecule has 0 atom stereocenters. The molecule has 9 heteroatoms. The predicted molar refractivity (Wildman–Crippen MR) is 72.3 cm³/mol. The van der Waals surface area contributed by atoms with Crippen LogP contribution in [-0.4, -0.2) is 14.9 Å². The molecule has 0 spiro atoms. The van der Waals surface area contributed by atoms with Gasteiger partial charge in [-0.05, 0) is 17.7 Å². The van der Waals surface area contributed by atoms with Crippen LogP contribution in [0.2, 0.25) is 0 Å². The second-order valence-electron chi connectivity index (χ2n) is 3.87. The Morgan fingerprint density at radius 3 is 2.71 bits per heavy atom. The molecule has 3 N–H and O–H groups in total. The van der Waals surface area contributed by atoms with Crippen LogP contribution in [0, 0.1) is 21.4 Å². The van der Waals surface area contributed by atoms with Gasteiger partial charge in [-0.25, -0.2) is 10.8 Å². The van der Waals surface area contributed by atoms with Crippen LogP contribution in [0.5, 0.6) is 11.6 Å². The van der Waals surface area contributed by atoms with Crippen molar-refractivity contribution in [3.63, 3.8) is 0 Å². The summed E-state index contributed by atoms with van der Waals surface area (Å²) in [6.07, 6.45) is 1.27. The molecule has 0 amide bonds. The third-order valence-electron chi connectivity index (χ3n) is 2.48. The van der Waals surface area contributed by atoms with Crippen LogP contribution in [0.3, 0.4) is 0 Å². The Labute approximate surface area is 119 Å². The van der Waals surface area contributed by atoms with Crippen molar-refractivity contribution >= 4 is 11.6 Å². The summed E-state index contributed by atoms with van der Waals surface area (Å²) in [6.45, 7) is 0. The second-order valence-corrected chi connectivity index (χ2v) is 3.87. The molecule has 0 bridgehead atoms. The Morgan fingerprint density at radius 2 is 2.14 bits per heavy atom.